The summed E-state index contributed by atoms with van der Waals surface area (Å²) in [5.74, 6) is -0.407. The number of rotatable bonds is 2. The van der Waals surface area contributed by atoms with Gasteiger partial charge in [-0.2, -0.15) is 0 Å². The molecule has 0 saturated carbocycles. The molecule has 2 heterocycles. The van der Waals surface area contributed by atoms with E-state index in [2.05, 4.69) is 14.7 Å². The molecule has 0 atom stereocenters. The summed E-state index contributed by atoms with van der Waals surface area (Å²) in [5.41, 5.74) is 6.19. The molecule has 0 radical (unpaired) electrons. The fourth-order valence-corrected chi connectivity index (χ4v) is 0.937. The number of nitrogens with zero attached hydrogens (tertiary/aromatic N) is 1. The summed E-state index contributed by atoms with van der Waals surface area (Å²) in [6, 6.07) is 3.34. The van der Waals surface area contributed by atoms with E-state index < -0.39 is 5.97 Å². The van der Waals surface area contributed by atoms with E-state index in [1.54, 1.807) is 31.5 Å². The number of H-pyrrole nitrogens is 1. The molecule has 3 N–H and O–H groups in total. The molecule has 0 spiro atoms. The Labute approximate surface area is 92.4 Å². The van der Waals surface area contributed by atoms with Gasteiger partial charge in [-0.05, 0) is 19.1 Å². The summed E-state index contributed by atoms with van der Waals surface area (Å²) < 4.78 is 9.05. The van der Waals surface area contributed by atoms with E-state index in [0.29, 0.717) is 18.0 Å². The highest BCUT2D eigenvalue weighted by Crippen LogP contribution is 2.08. The molecule has 2 aromatic rings. The van der Waals surface area contributed by atoms with Gasteiger partial charge in [-0.1, -0.05) is 5.16 Å². The Balaban J connectivity index is 0.000000212. The maximum atomic E-state index is 11.0. The number of anilines is 1. The van der Waals surface area contributed by atoms with Crippen molar-refractivity contribution in [1.29, 1.82) is 0 Å². The number of carbonyl (C=O) groups excluding carboxylic acids is 1. The van der Waals surface area contributed by atoms with E-state index in [1.807, 2.05) is 0 Å². The van der Waals surface area contributed by atoms with Gasteiger partial charge in [0.15, 0.2) is 0 Å². The number of nitrogens with one attached hydrogen (secondary N) is 1. The second-order valence-corrected chi connectivity index (χ2v) is 2.72. The van der Waals surface area contributed by atoms with E-state index >= 15 is 0 Å². The average Bonchev–Trinajstić information content (AvgIpc) is 2.90. The number of nitrogen functional groups attached to an aromatic ring is 1. The molecule has 2 rings (SSSR count). The van der Waals surface area contributed by atoms with Crippen LogP contribution in [0.2, 0.25) is 0 Å². The number of nitrogens with two attached hydrogens (primary N) is 1. The molecule has 0 amide bonds. The number of carbonyl (C=O) groups is 1. The van der Waals surface area contributed by atoms with E-state index in [4.69, 9.17) is 10.5 Å². The van der Waals surface area contributed by atoms with Crippen molar-refractivity contribution in [2.75, 3.05) is 12.3 Å². The fraction of sp³-hybridized carbons (Fsp3) is 0.200. The van der Waals surface area contributed by atoms with Gasteiger partial charge < -0.3 is 20.0 Å². The summed E-state index contributed by atoms with van der Waals surface area (Å²) in [7, 11) is 0. The Morgan fingerprint density at radius 1 is 1.69 bits per heavy atom. The monoisotopic (exact) mass is 223 g/mol. The van der Waals surface area contributed by atoms with Crippen molar-refractivity contribution in [2.45, 2.75) is 6.92 Å². The molecule has 6 heteroatoms. The maximum absolute atomic E-state index is 11.0. The Bertz CT molecular complexity index is 391. The molecule has 0 bridgehead atoms. The lowest BCUT2D eigenvalue weighted by Crippen LogP contribution is -2.07. The first kappa shape index (κ1) is 11.8. The van der Waals surface area contributed by atoms with Crippen LogP contribution < -0.4 is 5.73 Å². The van der Waals surface area contributed by atoms with Crippen LogP contribution in [0.15, 0.2) is 35.3 Å². The Morgan fingerprint density at radius 2 is 2.50 bits per heavy atom. The molecule has 6 nitrogen and oxygen atoms in total. The zero-order chi connectivity index (χ0) is 11.8. The summed E-state index contributed by atoms with van der Waals surface area (Å²) in [5, 5.41) is 3.35. The largest absolute Gasteiger partial charge is 0.461 e. The van der Waals surface area contributed by atoms with Crippen molar-refractivity contribution >= 4 is 11.7 Å². The molecule has 86 valence electrons. The van der Waals surface area contributed by atoms with Gasteiger partial charge in [0.2, 0.25) is 0 Å². The van der Waals surface area contributed by atoms with Gasteiger partial charge in [0.1, 0.15) is 12.0 Å². The lowest BCUT2D eigenvalue weighted by molar-refractivity contribution is 0.0521. The molecule has 16 heavy (non-hydrogen) atoms. The van der Waals surface area contributed by atoms with Crippen LogP contribution >= 0.6 is 0 Å². The van der Waals surface area contributed by atoms with E-state index in [0.717, 1.165) is 0 Å². The Kier molecular flexibility index (Phi) is 4.65. The smallest absolute Gasteiger partial charge is 0.356 e. The average molecular weight is 223 g/mol. The van der Waals surface area contributed by atoms with Crippen LogP contribution in [0.1, 0.15) is 17.4 Å². The number of hydrogen-bond acceptors (Lipinski definition) is 5. The standard InChI is InChI=1S/C7H10N2O2.C3H3NO/c1-2-11-7(10)6-5(8)3-4-9-6;1-2-4-5-3-1/h3-4,9H,2,8H2,1H3;1-3H. The van der Waals surface area contributed by atoms with Crippen molar-refractivity contribution in [3.8, 4) is 0 Å². The minimum atomic E-state index is -0.407. The summed E-state index contributed by atoms with van der Waals surface area (Å²) in [6.07, 6.45) is 4.70. The third kappa shape index (κ3) is 3.49. The van der Waals surface area contributed by atoms with Crippen LogP contribution in [0.3, 0.4) is 0 Å². The predicted octanol–water partition coefficient (Wildman–Crippen LogP) is 1.45. The summed E-state index contributed by atoms with van der Waals surface area (Å²) >= 11 is 0. The van der Waals surface area contributed by atoms with Crippen LogP contribution in [-0.2, 0) is 4.74 Å². The predicted molar refractivity (Wildman–Crippen MR) is 57.7 cm³/mol. The first-order valence-corrected chi connectivity index (χ1v) is 4.70. The number of aromatic nitrogens is 2. The molecule has 0 aliphatic heterocycles. The van der Waals surface area contributed by atoms with Gasteiger partial charge in [0.05, 0.1) is 18.5 Å². The number of hydrogen-bond donors (Lipinski definition) is 2. The van der Waals surface area contributed by atoms with Gasteiger partial charge in [0.25, 0.3) is 0 Å². The van der Waals surface area contributed by atoms with E-state index in [1.165, 1.54) is 6.26 Å². The first-order valence-electron chi connectivity index (χ1n) is 4.70. The van der Waals surface area contributed by atoms with Gasteiger partial charge >= 0.3 is 5.97 Å². The summed E-state index contributed by atoms with van der Waals surface area (Å²) in [4.78, 5) is 13.7. The van der Waals surface area contributed by atoms with Crippen LogP contribution in [0, 0.1) is 0 Å². The minimum absolute atomic E-state index is 0.326. The van der Waals surface area contributed by atoms with Gasteiger partial charge in [-0.25, -0.2) is 4.79 Å². The van der Waals surface area contributed by atoms with Gasteiger partial charge in [0, 0.05) is 6.20 Å². The SMILES string of the molecule is CCOC(=O)c1[nH]ccc1N.c1cnoc1. The molecular formula is C10H13N3O3. The molecule has 0 aliphatic rings. The van der Waals surface area contributed by atoms with E-state index in [9.17, 15) is 4.79 Å². The van der Waals surface area contributed by atoms with Crippen molar-refractivity contribution in [2.24, 2.45) is 0 Å². The third-order valence-electron chi connectivity index (χ3n) is 1.61. The Hall–Kier alpha value is -2.24. The highest BCUT2D eigenvalue weighted by atomic mass is 16.5. The summed E-state index contributed by atoms with van der Waals surface area (Å²) in [6.45, 7) is 2.11. The molecule has 0 unspecified atom stereocenters. The lowest BCUT2D eigenvalue weighted by atomic mass is 10.4. The van der Waals surface area contributed by atoms with Crippen LogP contribution in [0.25, 0.3) is 0 Å². The van der Waals surface area contributed by atoms with Gasteiger partial charge in [-0.3, -0.25) is 0 Å². The maximum Gasteiger partial charge on any atom is 0.356 e. The molecule has 0 aliphatic carbocycles. The second kappa shape index (κ2) is 6.28. The highest BCUT2D eigenvalue weighted by molar-refractivity contribution is 5.93. The molecular weight excluding hydrogens is 210 g/mol. The van der Waals surface area contributed by atoms with Crippen molar-refractivity contribution < 1.29 is 14.1 Å². The van der Waals surface area contributed by atoms with Gasteiger partial charge in [-0.15, -0.1) is 0 Å². The van der Waals surface area contributed by atoms with Crippen LogP contribution in [-0.4, -0.2) is 22.7 Å². The third-order valence-corrected chi connectivity index (χ3v) is 1.61. The zero-order valence-electron chi connectivity index (χ0n) is 8.84. The molecule has 2 aromatic heterocycles. The lowest BCUT2D eigenvalue weighted by Gasteiger charge is -1.98. The number of ether oxygens (including phenoxy) is 1. The fourth-order valence-electron chi connectivity index (χ4n) is 0.937. The zero-order valence-corrected chi connectivity index (χ0v) is 8.84. The van der Waals surface area contributed by atoms with Crippen molar-refractivity contribution in [1.82, 2.24) is 10.1 Å². The van der Waals surface area contributed by atoms with Crippen LogP contribution in [0.4, 0.5) is 5.69 Å². The quantitative estimate of drug-likeness (QED) is 0.751. The second-order valence-electron chi connectivity index (χ2n) is 2.72. The molecule has 0 fully saturated rings. The molecule has 0 saturated heterocycles. The van der Waals surface area contributed by atoms with Crippen molar-refractivity contribution in [3.63, 3.8) is 0 Å². The highest BCUT2D eigenvalue weighted by Gasteiger charge is 2.10. The first-order chi connectivity index (χ1) is 7.75. The number of esters is 1. The topological polar surface area (TPSA) is 94.1 Å². The van der Waals surface area contributed by atoms with Crippen LogP contribution in [0.5, 0.6) is 0 Å². The Morgan fingerprint density at radius 3 is 2.88 bits per heavy atom. The normalized spacial score (nSPS) is 9.06. The van der Waals surface area contributed by atoms with Crippen molar-refractivity contribution in [3.05, 3.63) is 36.5 Å². The molecule has 0 aromatic carbocycles. The number of aromatic amines is 1. The minimum Gasteiger partial charge on any atom is -0.461 e. The van der Waals surface area contributed by atoms with E-state index in [-0.39, 0.29) is 0 Å².